The second kappa shape index (κ2) is 7.53. The Labute approximate surface area is 146 Å². The molecular weight excluding hydrogens is 326 g/mol. The summed E-state index contributed by atoms with van der Waals surface area (Å²) < 4.78 is 1.43. The van der Waals surface area contributed by atoms with Gasteiger partial charge in [0.15, 0.2) is 0 Å². The van der Waals surface area contributed by atoms with Crippen LogP contribution in [0, 0.1) is 0 Å². The number of halogens is 1. The number of likely N-dealkylation sites (N-methyl/N-ethyl adjacent to an activating group) is 1. The van der Waals surface area contributed by atoms with Crippen molar-refractivity contribution in [3.63, 3.8) is 0 Å². The third-order valence-corrected chi connectivity index (χ3v) is 4.67. The Kier molecular flexibility index (Phi) is 5.67. The highest BCUT2D eigenvalue weighted by molar-refractivity contribution is 6.30. The van der Waals surface area contributed by atoms with Crippen molar-refractivity contribution in [1.82, 2.24) is 9.47 Å². The second-order valence-electron chi connectivity index (χ2n) is 5.96. The smallest absolute Gasteiger partial charge is 0.321 e. The summed E-state index contributed by atoms with van der Waals surface area (Å²) in [7, 11) is 3.37. The number of hydrogen-bond donors (Lipinski definition) is 1. The van der Waals surface area contributed by atoms with Crippen LogP contribution in [0.15, 0.2) is 47.4 Å². The summed E-state index contributed by atoms with van der Waals surface area (Å²) in [6.45, 7) is 4.03. The molecule has 0 saturated heterocycles. The predicted molar refractivity (Wildman–Crippen MR) is 97.8 cm³/mol. The molecule has 0 bridgehead atoms. The Balaban J connectivity index is 2.10. The monoisotopic (exact) mass is 347 g/mol. The van der Waals surface area contributed by atoms with E-state index in [9.17, 15) is 9.59 Å². The first-order chi connectivity index (χ1) is 11.3. The lowest BCUT2D eigenvalue weighted by atomic mass is 9.94. The molecule has 0 fully saturated rings. The molecule has 2 aromatic rings. The molecule has 2 rings (SSSR count). The van der Waals surface area contributed by atoms with E-state index in [0.29, 0.717) is 5.02 Å². The number of aromatic nitrogens is 1. The summed E-state index contributed by atoms with van der Waals surface area (Å²) in [6, 6.07) is 10.6. The Bertz CT molecular complexity index is 771. The van der Waals surface area contributed by atoms with Crippen LogP contribution in [0.5, 0.6) is 0 Å². The summed E-state index contributed by atoms with van der Waals surface area (Å²) in [5, 5.41) is 3.36. The third kappa shape index (κ3) is 3.97. The van der Waals surface area contributed by atoms with Gasteiger partial charge >= 0.3 is 6.03 Å². The molecule has 1 heterocycles. The van der Waals surface area contributed by atoms with E-state index in [0.717, 1.165) is 5.56 Å². The molecule has 0 spiro atoms. The van der Waals surface area contributed by atoms with Crippen molar-refractivity contribution in [3.8, 4) is 0 Å². The maximum Gasteiger partial charge on any atom is 0.321 e. The van der Waals surface area contributed by atoms with Crippen LogP contribution in [-0.2, 0) is 7.05 Å². The maximum absolute atomic E-state index is 12.5. The molecule has 1 aromatic heterocycles. The lowest BCUT2D eigenvalue weighted by Gasteiger charge is -2.30. The first-order valence-corrected chi connectivity index (χ1v) is 8.14. The van der Waals surface area contributed by atoms with E-state index < -0.39 is 0 Å². The molecular formula is C18H22ClN3O2. The summed E-state index contributed by atoms with van der Waals surface area (Å²) in [6.07, 6.45) is 1.65. The van der Waals surface area contributed by atoms with E-state index in [-0.39, 0.29) is 29.2 Å². The number of carbonyl (C=O) groups is 1. The van der Waals surface area contributed by atoms with Gasteiger partial charge in [-0.1, -0.05) is 30.7 Å². The fourth-order valence-electron chi connectivity index (χ4n) is 2.46. The van der Waals surface area contributed by atoms with Gasteiger partial charge in [0, 0.05) is 37.3 Å². The normalized spacial score (nSPS) is 13.2. The molecule has 128 valence electrons. The van der Waals surface area contributed by atoms with Crippen LogP contribution < -0.4 is 10.9 Å². The number of pyridine rings is 1. The number of aryl methyl sites for hydroxylation is 1. The van der Waals surface area contributed by atoms with Crippen LogP contribution in [0.4, 0.5) is 10.5 Å². The molecule has 0 unspecified atom stereocenters. The topological polar surface area (TPSA) is 54.3 Å². The molecule has 0 saturated carbocycles. The van der Waals surface area contributed by atoms with Crippen molar-refractivity contribution < 1.29 is 4.79 Å². The number of hydrogen-bond acceptors (Lipinski definition) is 2. The van der Waals surface area contributed by atoms with Crippen LogP contribution >= 0.6 is 11.6 Å². The van der Waals surface area contributed by atoms with E-state index in [1.165, 1.54) is 4.57 Å². The van der Waals surface area contributed by atoms with E-state index in [2.05, 4.69) is 12.2 Å². The van der Waals surface area contributed by atoms with Crippen LogP contribution in [0.2, 0.25) is 5.02 Å². The van der Waals surface area contributed by atoms with E-state index in [4.69, 9.17) is 11.6 Å². The zero-order valence-electron chi connectivity index (χ0n) is 14.3. The average molecular weight is 348 g/mol. The maximum atomic E-state index is 12.5. The van der Waals surface area contributed by atoms with Gasteiger partial charge in [-0.15, -0.1) is 0 Å². The summed E-state index contributed by atoms with van der Waals surface area (Å²) >= 11 is 5.92. The number of nitrogens with one attached hydrogen (secondary N) is 1. The third-order valence-electron chi connectivity index (χ3n) is 4.42. The predicted octanol–water partition coefficient (Wildman–Crippen LogP) is 3.69. The molecule has 24 heavy (non-hydrogen) atoms. The summed E-state index contributed by atoms with van der Waals surface area (Å²) in [4.78, 5) is 26.1. The van der Waals surface area contributed by atoms with Gasteiger partial charge in [-0.3, -0.25) is 4.79 Å². The van der Waals surface area contributed by atoms with Gasteiger partial charge in [0.05, 0.1) is 0 Å². The van der Waals surface area contributed by atoms with Gasteiger partial charge in [0.25, 0.3) is 5.56 Å². The number of nitrogens with zero attached hydrogens (tertiary/aromatic N) is 2. The molecule has 0 radical (unpaired) electrons. The Morgan fingerprint density at radius 3 is 2.46 bits per heavy atom. The lowest BCUT2D eigenvalue weighted by Crippen LogP contribution is -2.41. The number of amides is 2. The largest absolute Gasteiger partial charge is 0.324 e. The molecule has 2 atom stereocenters. The van der Waals surface area contributed by atoms with Gasteiger partial charge < -0.3 is 14.8 Å². The zero-order valence-corrected chi connectivity index (χ0v) is 15.0. The van der Waals surface area contributed by atoms with Crippen LogP contribution in [0.3, 0.4) is 0 Å². The molecule has 5 nitrogen and oxygen atoms in total. The highest BCUT2D eigenvalue weighted by Gasteiger charge is 2.23. The highest BCUT2D eigenvalue weighted by Crippen LogP contribution is 2.24. The number of anilines is 1. The lowest BCUT2D eigenvalue weighted by molar-refractivity contribution is 0.201. The van der Waals surface area contributed by atoms with Crippen LogP contribution in [0.1, 0.15) is 25.3 Å². The van der Waals surface area contributed by atoms with Crippen molar-refractivity contribution in [3.05, 3.63) is 63.5 Å². The quantitative estimate of drug-likeness (QED) is 0.916. The minimum absolute atomic E-state index is 0.0567. The Morgan fingerprint density at radius 2 is 1.83 bits per heavy atom. The van der Waals surface area contributed by atoms with E-state index in [1.54, 1.807) is 37.3 Å². The summed E-state index contributed by atoms with van der Waals surface area (Å²) in [5.41, 5.74) is 1.13. The minimum Gasteiger partial charge on any atom is -0.324 e. The second-order valence-corrected chi connectivity index (χ2v) is 6.40. The first kappa shape index (κ1) is 18.1. The van der Waals surface area contributed by atoms with Gasteiger partial charge in [-0.25, -0.2) is 4.79 Å². The van der Waals surface area contributed by atoms with Crippen LogP contribution in [-0.4, -0.2) is 28.6 Å². The van der Waals surface area contributed by atoms with Crippen molar-refractivity contribution in [2.75, 3.05) is 12.4 Å². The molecule has 1 N–H and O–H groups in total. The standard InChI is InChI=1S/C18H22ClN3O2/c1-12(14-7-9-15(19)10-8-14)13(2)22(4)18(24)20-16-6-5-11-21(3)17(16)23/h5-13H,1-4H3,(H,20,24)/t12-,13+/m0/s1. The fraction of sp³-hybridized carbons (Fsp3) is 0.333. The number of carbonyl (C=O) groups excluding carboxylic acids is 1. The fourth-order valence-corrected chi connectivity index (χ4v) is 2.59. The Hall–Kier alpha value is -2.27. The van der Waals surface area contributed by atoms with Gasteiger partial charge in [0.1, 0.15) is 5.69 Å². The van der Waals surface area contributed by atoms with Crippen molar-refractivity contribution in [2.24, 2.45) is 7.05 Å². The Morgan fingerprint density at radius 1 is 1.21 bits per heavy atom. The zero-order chi connectivity index (χ0) is 17.9. The van der Waals surface area contributed by atoms with Gasteiger partial charge in [-0.05, 0) is 36.8 Å². The molecule has 0 aliphatic rings. The van der Waals surface area contributed by atoms with Crippen molar-refractivity contribution in [1.29, 1.82) is 0 Å². The summed E-state index contributed by atoms with van der Waals surface area (Å²) in [5.74, 6) is 0.122. The van der Waals surface area contributed by atoms with Gasteiger partial charge in [0.2, 0.25) is 0 Å². The van der Waals surface area contributed by atoms with E-state index in [1.807, 2.05) is 31.2 Å². The highest BCUT2D eigenvalue weighted by atomic mass is 35.5. The number of rotatable bonds is 4. The average Bonchev–Trinajstić information content (AvgIpc) is 2.57. The number of urea groups is 1. The SMILES string of the molecule is C[C@H](c1ccc(Cl)cc1)[C@@H](C)N(C)C(=O)Nc1cccn(C)c1=O. The van der Waals surface area contributed by atoms with Gasteiger partial charge in [-0.2, -0.15) is 0 Å². The number of benzene rings is 1. The molecule has 1 aromatic carbocycles. The van der Waals surface area contributed by atoms with E-state index >= 15 is 0 Å². The minimum atomic E-state index is -0.313. The first-order valence-electron chi connectivity index (χ1n) is 7.76. The molecule has 0 aliphatic heterocycles. The molecule has 2 amide bonds. The molecule has 0 aliphatic carbocycles. The van der Waals surface area contributed by atoms with Crippen molar-refractivity contribution >= 4 is 23.3 Å². The molecule has 6 heteroatoms. The van der Waals surface area contributed by atoms with Crippen molar-refractivity contribution in [2.45, 2.75) is 25.8 Å². The van der Waals surface area contributed by atoms with Crippen LogP contribution in [0.25, 0.3) is 0 Å².